The Labute approximate surface area is 265 Å². The second kappa shape index (κ2) is 15.5. The van der Waals surface area contributed by atoms with Crippen molar-refractivity contribution in [2.24, 2.45) is 0 Å². The number of carbonyl (C=O) groups is 2. The molecule has 1 N–H and O–H groups in total. The van der Waals surface area contributed by atoms with Crippen molar-refractivity contribution in [2.45, 2.75) is 50.6 Å². The van der Waals surface area contributed by atoms with Gasteiger partial charge in [-0.3, -0.25) is 13.9 Å². The highest BCUT2D eigenvalue weighted by Crippen LogP contribution is 2.26. The van der Waals surface area contributed by atoms with E-state index in [1.54, 1.807) is 60.7 Å². The van der Waals surface area contributed by atoms with Gasteiger partial charge < -0.3 is 10.2 Å². The van der Waals surface area contributed by atoms with E-state index in [0.29, 0.717) is 17.3 Å². The Bertz CT molecular complexity index is 1630. The number of carbonyl (C=O) groups excluding carboxylic acids is 2. The molecule has 230 valence electrons. The normalized spacial score (nSPS) is 11.9. The average Bonchev–Trinajstić information content (AvgIpc) is 3.03. The SMILES string of the molecule is CCCCNC(=O)C(Cc1ccccc1)N(Cc1ccc(Cl)cc1)C(=O)CN(c1cccc(C)c1)S(=O)(=O)c1ccccc1. The lowest BCUT2D eigenvalue weighted by Crippen LogP contribution is -2.53. The molecule has 4 aromatic carbocycles. The fraction of sp³-hybridized carbons (Fsp3) is 0.257. The van der Waals surface area contributed by atoms with Gasteiger partial charge in [-0.05, 0) is 66.4 Å². The number of rotatable bonds is 14. The van der Waals surface area contributed by atoms with E-state index >= 15 is 0 Å². The number of halogens is 1. The van der Waals surface area contributed by atoms with E-state index in [4.69, 9.17) is 11.6 Å². The summed E-state index contributed by atoms with van der Waals surface area (Å²) in [6, 6.07) is 30.7. The number of nitrogens with zero attached hydrogens (tertiary/aromatic N) is 2. The Balaban J connectivity index is 1.78. The first-order chi connectivity index (χ1) is 21.2. The average molecular weight is 632 g/mol. The highest BCUT2D eigenvalue weighted by Gasteiger charge is 2.34. The topological polar surface area (TPSA) is 86.8 Å². The molecule has 9 heteroatoms. The Morgan fingerprint density at radius 2 is 1.50 bits per heavy atom. The number of nitrogens with one attached hydrogen (secondary N) is 1. The maximum atomic E-state index is 14.4. The third kappa shape index (κ3) is 8.71. The van der Waals surface area contributed by atoms with Crippen LogP contribution in [0.3, 0.4) is 0 Å². The number of amides is 2. The van der Waals surface area contributed by atoms with Crippen LogP contribution in [0, 0.1) is 6.92 Å². The zero-order valence-corrected chi connectivity index (χ0v) is 26.6. The number of hydrogen-bond acceptors (Lipinski definition) is 4. The molecule has 1 unspecified atom stereocenters. The molecule has 0 radical (unpaired) electrons. The smallest absolute Gasteiger partial charge is 0.264 e. The predicted molar refractivity (Wildman–Crippen MR) is 176 cm³/mol. The third-order valence-electron chi connectivity index (χ3n) is 7.27. The first kappa shape index (κ1) is 32.8. The summed E-state index contributed by atoms with van der Waals surface area (Å²) < 4.78 is 29.2. The van der Waals surface area contributed by atoms with E-state index in [0.717, 1.165) is 33.8 Å². The lowest BCUT2D eigenvalue weighted by molar-refractivity contribution is -0.140. The monoisotopic (exact) mass is 631 g/mol. The van der Waals surface area contributed by atoms with Gasteiger partial charge in [-0.2, -0.15) is 0 Å². The lowest BCUT2D eigenvalue weighted by atomic mass is 10.0. The molecule has 0 aliphatic carbocycles. The van der Waals surface area contributed by atoms with E-state index in [-0.39, 0.29) is 23.8 Å². The van der Waals surface area contributed by atoms with Crippen LogP contribution in [0.5, 0.6) is 0 Å². The summed E-state index contributed by atoms with van der Waals surface area (Å²) in [5, 5.41) is 3.54. The molecule has 0 aliphatic heterocycles. The van der Waals surface area contributed by atoms with Crippen molar-refractivity contribution < 1.29 is 18.0 Å². The lowest BCUT2D eigenvalue weighted by Gasteiger charge is -2.34. The zero-order chi connectivity index (χ0) is 31.5. The van der Waals surface area contributed by atoms with E-state index < -0.39 is 28.5 Å². The van der Waals surface area contributed by atoms with E-state index in [1.807, 2.05) is 50.2 Å². The van der Waals surface area contributed by atoms with Gasteiger partial charge in [-0.1, -0.05) is 97.7 Å². The molecule has 0 heterocycles. The summed E-state index contributed by atoms with van der Waals surface area (Å²) in [5.41, 5.74) is 2.85. The molecule has 0 saturated carbocycles. The number of aryl methyl sites for hydroxylation is 1. The van der Waals surface area contributed by atoms with Gasteiger partial charge >= 0.3 is 0 Å². The summed E-state index contributed by atoms with van der Waals surface area (Å²) in [5.74, 6) is -0.801. The summed E-state index contributed by atoms with van der Waals surface area (Å²) >= 11 is 6.14. The fourth-order valence-corrected chi connectivity index (χ4v) is 6.43. The molecule has 1 atom stereocenters. The molecular formula is C35H38ClN3O4S. The Hall–Kier alpha value is -4.14. The van der Waals surface area contributed by atoms with Crippen molar-refractivity contribution in [1.82, 2.24) is 10.2 Å². The molecule has 4 aromatic rings. The van der Waals surface area contributed by atoms with Crippen LogP contribution in [0.25, 0.3) is 0 Å². The summed E-state index contributed by atoms with van der Waals surface area (Å²) in [7, 11) is -4.13. The van der Waals surface area contributed by atoms with E-state index in [9.17, 15) is 18.0 Å². The Morgan fingerprint density at radius 1 is 0.841 bits per heavy atom. The van der Waals surface area contributed by atoms with Crippen LogP contribution in [-0.2, 0) is 32.6 Å². The predicted octanol–water partition coefficient (Wildman–Crippen LogP) is 6.40. The maximum Gasteiger partial charge on any atom is 0.264 e. The molecule has 7 nitrogen and oxygen atoms in total. The van der Waals surface area contributed by atoms with Crippen LogP contribution < -0.4 is 9.62 Å². The molecule has 4 rings (SSSR count). The van der Waals surface area contributed by atoms with Crippen molar-refractivity contribution >= 4 is 39.1 Å². The van der Waals surface area contributed by atoms with Gasteiger partial charge in [-0.15, -0.1) is 0 Å². The first-order valence-electron chi connectivity index (χ1n) is 14.7. The molecule has 44 heavy (non-hydrogen) atoms. The van der Waals surface area contributed by atoms with Crippen molar-refractivity contribution in [3.8, 4) is 0 Å². The van der Waals surface area contributed by atoms with Gasteiger partial charge in [0.2, 0.25) is 11.8 Å². The van der Waals surface area contributed by atoms with Crippen LogP contribution in [0.15, 0.2) is 114 Å². The highest BCUT2D eigenvalue weighted by atomic mass is 35.5. The minimum atomic E-state index is -4.13. The van der Waals surface area contributed by atoms with Gasteiger partial charge in [0.15, 0.2) is 0 Å². The second-order valence-corrected chi connectivity index (χ2v) is 13.0. The van der Waals surface area contributed by atoms with E-state index in [1.165, 1.54) is 17.0 Å². The van der Waals surface area contributed by atoms with Crippen molar-refractivity contribution in [2.75, 3.05) is 17.4 Å². The highest BCUT2D eigenvalue weighted by molar-refractivity contribution is 7.92. The molecular weight excluding hydrogens is 594 g/mol. The van der Waals surface area contributed by atoms with Gasteiger partial charge in [-0.25, -0.2) is 8.42 Å². The quantitative estimate of drug-likeness (QED) is 0.163. The Kier molecular flexibility index (Phi) is 11.6. The molecule has 0 aromatic heterocycles. The standard InChI is InChI=1S/C35H38ClN3O4S/c1-3-4-22-37-35(41)33(24-28-13-7-5-8-14-28)38(25-29-18-20-30(36)21-19-29)34(40)26-39(31-15-11-12-27(2)23-31)44(42,43)32-16-9-6-10-17-32/h5-21,23,33H,3-4,22,24-26H2,1-2H3,(H,37,41). The van der Waals surface area contributed by atoms with Crippen molar-refractivity contribution in [3.63, 3.8) is 0 Å². The van der Waals surface area contributed by atoms with Crippen LogP contribution in [0.2, 0.25) is 5.02 Å². The number of benzene rings is 4. The van der Waals surface area contributed by atoms with Crippen molar-refractivity contribution in [1.29, 1.82) is 0 Å². The zero-order valence-electron chi connectivity index (χ0n) is 25.0. The van der Waals surface area contributed by atoms with Gasteiger partial charge in [0.05, 0.1) is 10.6 Å². The molecule has 0 bridgehead atoms. The number of unbranched alkanes of at least 4 members (excludes halogenated alkanes) is 1. The maximum absolute atomic E-state index is 14.4. The summed E-state index contributed by atoms with van der Waals surface area (Å²) in [6.07, 6.45) is 1.96. The fourth-order valence-electron chi connectivity index (χ4n) is 4.88. The first-order valence-corrected chi connectivity index (χ1v) is 16.5. The minimum absolute atomic E-state index is 0.0664. The third-order valence-corrected chi connectivity index (χ3v) is 9.31. The van der Waals surface area contributed by atoms with E-state index in [2.05, 4.69) is 5.32 Å². The van der Waals surface area contributed by atoms with Crippen LogP contribution >= 0.6 is 11.6 Å². The molecule has 0 spiro atoms. The largest absolute Gasteiger partial charge is 0.354 e. The minimum Gasteiger partial charge on any atom is -0.354 e. The number of hydrogen-bond donors (Lipinski definition) is 1. The van der Waals surface area contributed by atoms with Crippen LogP contribution in [0.1, 0.15) is 36.5 Å². The second-order valence-electron chi connectivity index (χ2n) is 10.7. The van der Waals surface area contributed by atoms with Crippen molar-refractivity contribution in [3.05, 3.63) is 131 Å². The van der Waals surface area contributed by atoms with Gasteiger partial charge in [0, 0.05) is 24.5 Å². The molecule has 0 saturated heterocycles. The van der Waals surface area contributed by atoms with Crippen LogP contribution in [0.4, 0.5) is 5.69 Å². The molecule has 2 amide bonds. The van der Waals surface area contributed by atoms with Crippen LogP contribution in [-0.4, -0.2) is 44.3 Å². The molecule has 0 aliphatic rings. The van der Waals surface area contributed by atoms with Gasteiger partial charge in [0.1, 0.15) is 12.6 Å². The number of anilines is 1. The summed E-state index contributed by atoms with van der Waals surface area (Å²) in [4.78, 5) is 29.8. The van der Waals surface area contributed by atoms with Gasteiger partial charge in [0.25, 0.3) is 10.0 Å². The molecule has 0 fully saturated rings. The Morgan fingerprint density at radius 3 is 2.14 bits per heavy atom. The summed E-state index contributed by atoms with van der Waals surface area (Å²) in [6.45, 7) is 3.96. The number of sulfonamides is 1.